The molecule has 0 atom stereocenters. The molecule has 3 aromatic rings. The molecule has 0 spiro atoms. The van der Waals surface area contributed by atoms with Gasteiger partial charge in [-0.3, -0.25) is 0 Å². The normalized spacial score (nSPS) is 15.3. The number of benzene rings is 2. The molecule has 2 aromatic carbocycles. The maximum atomic E-state index is 13.1. The van der Waals surface area contributed by atoms with Gasteiger partial charge in [-0.2, -0.15) is 4.31 Å². The SMILES string of the molecule is O=S(=O)(c1ccc2ccccc2c1)N(Cc1ccco1)C1CC1. The van der Waals surface area contributed by atoms with Gasteiger partial charge in [-0.05, 0) is 47.9 Å². The largest absolute Gasteiger partial charge is 0.468 e. The summed E-state index contributed by atoms with van der Waals surface area (Å²) >= 11 is 0. The summed E-state index contributed by atoms with van der Waals surface area (Å²) in [5, 5.41) is 1.97. The first-order valence-corrected chi connectivity index (χ1v) is 9.12. The lowest BCUT2D eigenvalue weighted by atomic mass is 10.1. The quantitative estimate of drug-likeness (QED) is 0.716. The van der Waals surface area contributed by atoms with Gasteiger partial charge in [0.05, 0.1) is 17.7 Å². The van der Waals surface area contributed by atoms with E-state index in [9.17, 15) is 8.42 Å². The molecule has 0 N–H and O–H groups in total. The maximum Gasteiger partial charge on any atom is 0.243 e. The molecule has 0 unspecified atom stereocenters. The zero-order valence-electron chi connectivity index (χ0n) is 12.6. The number of furan rings is 1. The van der Waals surface area contributed by atoms with E-state index >= 15 is 0 Å². The van der Waals surface area contributed by atoms with E-state index < -0.39 is 10.0 Å². The van der Waals surface area contributed by atoms with E-state index in [4.69, 9.17) is 4.42 Å². The number of hydrogen-bond donors (Lipinski definition) is 0. The Labute approximate surface area is 135 Å². The molecular weight excluding hydrogens is 310 g/mol. The van der Waals surface area contributed by atoms with Gasteiger partial charge in [-0.1, -0.05) is 30.3 Å². The zero-order chi connectivity index (χ0) is 15.9. The number of fused-ring (bicyclic) bond motifs is 1. The first-order chi connectivity index (χ1) is 11.1. The lowest BCUT2D eigenvalue weighted by molar-refractivity contribution is 0.357. The Kier molecular flexibility index (Phi) is 3.47. The standard InChI is InChI=1S/C18H17NO3S/c20-23(21,18-10-7-14-4-1-2-5-15(14)12-18)19(16-8-9-16)13-17-6-3-11-22-17/h1-7,10-12,16H,8-9,13H2. The molecule has 118 valence electrons. The molecule has 1 aromatic heterocycles. The number of hydrogen-bond acceptors (Lipinski definition) is 3. The van der Waals surface area contributed by atoms with Gasteiger partial charge in [0.2, 0.25) is 10.0 Å². The molecule has 0 bridgehead atoms. The van der Waals surface area contributed by atoms with Crippen molar-refractivity contribution in [2.45, 2.75) is 30.3 Å². The average molecular weight is 327 g/mol. The lowest BCUT2D eigenvalue weighted by Gasteiger charge is -2.21. The van der Waals surface area contributed by atoms with Crippen LogP contribution in [0.4, 0.5) is 0 Å². The Hall–Kier alpha value is -2.11. The van der Waals surface area contributed by atoms with Crippen molar-refractivity contribution < 1.29 is 12.8 Å². The van der Waals surface area contributed by atoms with Crippen LogP contribution in [0.1, 0.15) is 18.6 Å². The van der Waals surface area contributed by atoms with E-state index in [1.165, 1.54) is 0 Å². The number of nitrogens with zero attached hydrogens (tertiary/aromatic N) is 1. The van der Waals surface area contributed by atoms with Gasteiger partial charge in [0.15, 0.2) is 0 Å². The van der Waals surface area contributed by atoms with Gasteiger partial charge < -0.3 is 4.42 Å². The number of rotatable bonds is 5. The molecule has 0 amide bonds. The zero-order valence-corrected chi connectivity index (χ0v) is 13.4. The Bertz CT molecular complexity index is 928. The summed E-state index contributed by atoms with van der Waals surface area (Å²) in [6, 6.07) is 16.8. The lowest BCUT2D eigenvalue weighted by Crippen LogP contribution is -2.32. The molecule has 1 aliphatic rings. The molecule has 5 heteroatoms. The third-order valence-electron chi connectivity index (χ3n) is 4.17. The van der Waals surface area contributed by atoms with E-state index in [0.29, 0.717) is 10.7 Å². The van der Waals surface area contributed by atoms with Crippen LogP contribution in [0.15, 0.2) is 70.2 Å². The highest BCUT2D eigenvalue weighted by atomic mass is 32.2. The highest BCUT2D eigenvalue weighted by molar-refractivity contribution is 7.89. The average Bonchev–Trinajstić information content (AvgIpc) is 3.27. The monoisotopic (exact) mass is 327 g/mol. The van der Waals surface area contributed by atoms with Crippen molar-refractivity contribution in [3.05, 3.63) is 66.6 Å². The van der Waals surface area contributed by atoms with Gasteiger partial charge in [0.1, 0.15) is 5.76 Å². The molecule has 4 nitrogen and oxygen atoms in total. The van der Waals surface area contributed by atoms with Crippen molar-refractivity contribution >= 4 is 20.8 Å². The highest BCUT2D eigenvalue weighted by Gasteiger charge is 2.38. The summed E-state index contributed by atoms with van der Waals surface area (Å²) in [5.41, 5.74) is 0. The summed E-state index contributed by atoms with van der Waals surface area (Å²) in [5.74, 6) is 0.668. The fraction of sp³-hybridized carbons (Fsp3) is 0.222. The van der Waals surface area contributed by atoms with E-state index in [-0.39, 0.29) is 12.6 Å². The minimum absolute atomic E-state index is 0.0802. The smallest absolute Gasteiger partial charge is 0.243 e. The van der Waals surface area contributed by atoms with Crippen molar-refractivity contribution in [1.29, 1.82) is 0 Å². The summed E-state index contributed by atoms with van der Waals surface area (Å²) in [7, 11) is -3.53. The Morgan fingerprint density at radius 3 is 2.48 bits per heavy atom. The number of sulfonamides is 1. The molecule has 0 saturated heterocycles. The predicted octanol–water partition coefficient (Wildman–Crippen LogP) is 3.79. The summed E-state index contributed by atoms with van der Waals surface area (Å²) in [6.45, 7) is 0.285. The third-order valence-corrected chi connectivity index (χ3v) is 6.07. The van der Waals surface area contributed by atoms with Crippen LogP contribution in [0.2, 0.25) is 0 Å². The third kappa shape index (κ3) is 2.78. The minimum Gasteiger partial charge on any atom is -0.468 e. The van der Waals surface area contributed by atoms with E-state index in [1.807, 2.05) is 36.4 Å². The second kappa shape index (κ2) is 5.51. The van der Waals surface area contributed by atoms with Crippen LogP contribution in [-0.2, 0) is 16.6 Å². The molecule has 0 aliphatic heterocycles. The van der Waals surface area contributed by atoms with Crippen LogP contribution < -0.4 is 0 Å². The van der Waals surface area contributed by atoms with Crippen LogP contribution in [0.3, 0.4) is 0 Å². The van der Waals surface area contributed by atoms with Crippen molar-refractivity contribution in [2.24, 2.45) is 0 Å². The fourth-order valence-corrected chi connectivity index (χ4v) is 4.48. The molecular formula is C18H17NO3S. The van der Waals surface area contributed by atoms with Crippen LogP contribution in [0.25, 0.3) is 10.8 Å². The molecule has 1 aliphatic carbocycles. The van der Waals surface area contributed by atoms with Crippen LogP contribution in [0, 0.1) is 0 Å². The summed E-state index contributed by atoms with van der Waals surface area (Å²) < 4.78 is 33.0. The fourth-order valence-electron chi connectivity index (χ4n) is 2.79. The van der Waals surface area contributed by atoms with Crippen LogP contribution >= 0.6 is 0 Å². The molecule has 1 heterocycles. The van der Waals surface area contributed by atoms with Gasteiger partial charge in [0, 0.05) is 6.04 Å². The summed E-state index contributed by atoms with van der Waals surface area (Å²) in [4.78, 5) is 0.342. The Morgan fingerprint density at radius 1 is 1.00 bits per heavy atom. The van der Waals surface area contributed by atoms with Gasteiger partial charge in [-0.25, -0.2) is 8.42 Å². The maximum absolute atomic E-state index is 13.1. The Morgan fingerprint density at radius 2 is 1.78 bits per heavy atom. The van der Waals surface area contributed by atoms with E-state index in [1.54, 1.807) is 28.8 Å². The molecule has 0 radical (unpaired) electrons. The van der Waals surface area contributed by atoms with Crippen molar-refractivity contribution in [1.82, 2.24) is 4.31 Å². The van der Waals surface area contributed by atoms with Crippen LogP contribution in [-0.4, -0.2) is 18.8 Å². The molecule has 4 rings (SSSR count). The first kappa shape index (κ1) is 14.5. The topological polar surface area (TPSA) is 50.5 Å². The molecule has 1 fully saturated rings. The van der Waals surface area contributed by atoms with Gasteiger partial charge >= 0.3 is 0 Å². The first-order valence-electron chi connectivity index (χ1n) is 7.68. The molecule has 23 heavy (non-hydrogen) atoms. The van der Waals surface area contributed by atoms with Crippen molar-refractivity contribution in [2.75, 3.05) is 0 Å². The van der Waals surface area contributed by atoms with Crippen molar-refractivity contribution in [3.63, 3.8) is 0 Å². The Balaban J connectivity index is 1.73. The summed E-state index contributed by atoms with van der Waals surface area (Å²) in [6.07, 6.45) is 3.39. The van der Waals surface area contributed by atoms with Gasteiger partial charge in [-0.15, -0.1) is 0 Å². The predicted molar refractivity (Wildman–Crippen MR) is 88.4 cm³/mol. The second-order valence-corrected chi connectivity index (χ2v) is 7.76. The van der Waals surface area contributed by atoms with Crippen molar-refractivity contribution in [3.8, 4) is 0 Å². The van der Waals surface area contributed by atoms with E-state index in [0.717, 1.165) is 23.6 Å². The van der Waals surface area contributed by atoms with Gasteiger partial charge in [0.25, 0.3) is 0 Å². The van der Waals surface area contributed by atoms with Crippen LogP contribution in [0.5, 0.6) is 0 Å². The molecule has 1 saturated carbocycles. The minimum atomic E-state index is -3.53. The second-order valence-electron chi connectivity index (χ2n) is 5.87. The van der Waals surface area contributed by atoms with E-state index in [2.05, 4.69) is 0 Å². The highest BCUT2D eigenvalue weighted by Crippen LogP contribution is 2.34.